The van der Waals surface area contributed by atoms with Crippen molar-refractivity contribution in [1.29, 1.82) is 0 Å². The molecule has 1 aliphatic rings. The van der Waals surface area contributed by atoms with Gasteiger partial charge in [0.15, 0.2) is 0 Å². The van der Waals surface area contributed by atoms with Gasteiger partial charge in [-0.1, -0.05) is 42.5 Å². The van der Waals surface area contributed by atoms with Crippen LogP contribution in [0.4, 0.5) is 5.82 Å². The third-order valence-electron chi connectivity index (χ3n) is 5.44. The van der Waals surface area contributed by atoms with Crippen molar-refractivity contribution < 1.29 is 18.0 Å². The van der Waals surface area contributed by atoms with Crippen LogP contribution in [0.5, 0.6) is 0 Å². The second-order valence-corrected chi connectivity index (χ2v) is 9.51. The smallest absolute Gasteiger partial charge is 0.249 e. The van der Waals surface area contributed by atoms with E-state index in [1.165, 1.54) is 4.68 Å². The molecule has 0 unspecified atom stereocenters. The van der Waals surface area contributed by atoms with Crippen LogP contribution in [0.1, 0.15) is 34.5 Å². The van der Waals surface area contributed by atoms with Crippen molar-refractivity contribution in [2.45, 2.75) is 38.0 Å². The predicted octanol–water partition coefficient (Wildman–Crippen LogP) is 3.06. The Balaban J connectivity index is 1.66. The number of benzene rings is 2. The Morgan fingerprint density at radius 2 is 1.81 bits per heavy atom. The summed E-state index contributed by atoms with van der Waals surface area (Å²) in [6.45, 7) is 3.72. The average molecular weight is 453 g/mol. The highest BCUT2D eigenvalue weighted by molar-refractivity contribution is 7.89. The van der Waals surface area contributed by atoms with Crippen molar-refractivity contribution >= 4 is 27.7 Å². The summed E-state index contributed by atoms with van der Waals surface area (Å²) in [6.07, 6.45) is 0.723. The largest absolute Gasteiger partial charge is 0.310 e. The quantitative estimate of drug-likeness (QED) is 0.597. The van der Waals surface area contributed by atoms with Crippen molar-refractivity contribution in [1.82, 2.24) is 14.5 Å². The number of sulfonamides is 1. The fourth-order valence-corrected chi connectivity index (χ4v) is 5.09. The van der Waals surface area contributed by atoms with E-state index in [9.17, 15) is 18.0 Å². The molecule has 166 valence electrons. The van der Waals surface area contributed by atoms with E-state index < -0.39 is 10.0 Å². The lowest BCUT2D eigenvalue weighted by molar-refractivity contribution is -0.116. The van der Waals surface area contributed by atoms with E-state index in [4.69, 9.17) is 0 Å². The van der Waals surface area contributed by atoms with Crippen LogP contribution in [0.25, 0.3) is 11.1 Å². The summed E-state index contributed by atoms with van der Waals surface area (Å²) in [7, 11) is -3.77. The van der Waals surface area contributed by atoms with Crippen LogP contribution < -0.4 is 10.0 Å². The van der Waals surface area contributed by atoms with Crippen molar-refractivity contribution in [3.05, 3.63) is 65.4 Å². The minimum atomic E-state index is -3.77. The number of hydrogen-bond donors (Lipinski definition) is 2. The lowest BCUT2D eigenvalue weighted by Crippen LogP contribution is -2.26. The van der Waals surface area contributed by atoms with Gasteiger partial charge in [0.05, 0.1) is 10.6 Å². The Labute approximate surface area is 186 Å². The summed E-state index contributed by atoms with van der Waals surface area (Å²) in [5.74, 6) is -0.282. The molecular formula is C23H24N4O4S. The number of nitrogens with one attached hydrogen (secondary N) is 2. The Morgan fingerprint density at radius 1 is 1.06 bits per heavy atom. The van der Waals surface area contributed by atoms with Gasteiger partial charge in [-0.05, 0) is 43.0 Å². The molecule has 8 nitrogen and oxygen atoms in total. The lowest BCUT2D eigenvalue weighted by atomic mass is 10.0. The Kier molecular flexibility index (Phi) is 5.94. The number of aromatic nitrogens is 2. The number of rotatable bonds is 6. The van der Waals surface area contributed by atoms with Crippen LogP contribution in [-0.4, -0.2) is 36.6 Å². The molecule has 3 aromatic rings. The number of nitrogens with zero attached hydrogens (tertiary/aromatic N) is 2. The van der Waals surface area contributed by atoms with Gasteiger partial charge in [-0.3, -0.25) is 9.59 Å². The van der Waals surface area contributed by atoms with E-state index in [0.717, 1.165) is 5.56 Å². The fraction of sp³-hybridized carbons (Fsp3) is 0.261. The summed E-state index contributed by atoms with van der Waals surface area (Å²) in [5.41, 5.74) is 3.26. The van der Waals surface area contributed by atoms with Crippen LogP contribution in [0.15, 0.2) is 53.4 Å². The second-order valence-electron chi connectivity index (χ2n) is 7.78. The van der Waals surface area contributed by atoms with Crippen molar-refractivity contribution in [2.75, 3.05) is 11.9 Å². The number of carbonyl (C=O) groups excluding carboxylic acids is 2. The highest BCUT2D eigenvalue weighted by Gasteiger charge is 2.27. The molecule has 4 rings (SSSR count). The van der Waals surface area contributed by atoms with Crippen molar-refractivity contribution in [2.24, 2.45) is 0 Å². The number of aryl methyl sites for hydroxylation is 2. The van der Waals surface area contributed by atoms with Gasteiger partial charge in [0.2, 0.25) is 21.8 Å². The van der Waals surface area contributed by atoms with Crippen LogP contribution in [-0.2, 0) is 21.2 Å². The zero-order chi connectivity index (χ0) is 22.9. The minimum absolute atomic E-state index is 0.0677. The van der Waals surface area contributed by atoms with E-state index in [2.05, 4.69) is 15.1 Å². The van der Waals surface area contributed by atoms with Gasteiger partial charge in [0.25, 0.3) is 0 Å². The molecule has 0 bridgehead atoms. The highest BCUT2D eigenvalue weighted by Crippen LogP contribution is 2.35. The van der Waals surface area contributed by atoms with E-state index in [0.29, 0.717) is 28.8 Å². The van der Waals surface area contributed by atoms with Crippen LogP contribution in [0.2, 0.25) is 0 Å². The van der Waals surface area contributed by atoms with Gasteiger partial charge in [0.1, 0.15) is 5.82 Å². The predicted molar refractivity (Wildman–Crippen MR) is 121 cm³/mol. The summed E-state index contributed by atoms with van der Waals surface area (Å²) in [5, 5.41) is 7.03. The average Bonchev–Trinajstić information content (AvgIpc) is 3.01. The molecule has 1 aromatic heterocycles. The van der Waals surface area contributed by atoms with Gasteiger partial charge in [-0.25, -0.2) is 13.1 Å². The standard InChI is InChI=1S/C23H24N4O4S/c1-15-8-9-18(22-16(2)26-27-21(29)11-10-20(28)25-23(22)27)14-19(15)32(30,31)24-13-12-17-6-4-3-5-7-17/h3-9,14,24H,10-13H2,1-2H3,(H,25,28). The maximum absolute atomic E-state index is 13.0. The van der Waals surface area contributed by atoms with Crippen molar-refractivity contribution in [3.8, 4) is 11.1 Å². The lowest BCUT2D eigenvalue weighted by Gasteiger charge is -2.12. The molecule has 2 aromatic carbocycles. The third-order valence-corrected chi connectivity index (χ3v) is 7.04. The van der Waals surface area contributed by atoms with E-state index in [1.807, 2.05) is 30.3 Å². The minimum Gasteiger partial charge on any atom is -0.310 e. The molecular weight excluding hydrogens is 428 g/mol. The Hall–Kier alpha value is -3.30. The zero-order valence-corrected chi connectivity index (χ0v) is 18.7. The maximum Gasteiger partial charge on any atom is 0.249 e. The molecule has 2 heterocycles. The molecule has 2 N–H and O–H groups in total. The first-order chi connectivity index (χ1) is 15.3. The maximum atomic E-state index is 13.0. The van der Waals surface area contributed by atoms with E-state index in [1.54, 1.807) is 32.0 Å². The molecule has 0 radical (unpaired) electrons. The summed E-state index contributed by atoms with van der Waals surface area (Å²) >= 11 is 0. The van der Waals surface area contributed by atoms with Crippen molar-refractivity contribution in [3.63, 3.8) is 0 Å². The summed E-state index contributed by atoms with van der Waals surface area (Å²) in [6, 6.07) is 14.7. The first kappa shape index (κ1) is 21.9. The Morgan fingerprint density at radius 3 is 2.56 bits per heavy atom. The molecule has 0 atom stereocenters. The molecule has 0 aliphatic carbocycles. The first-order valence-corrected chi connectivity index (χ1v) is 11.8. The Bertz CT molecular complexity index is 1300. The molecule has 0 spiro atoms. The molecule has 32 heavy (non-hydrogen) atoms. The van der Waals surface area contributed by atoms with Crippen LogP contribution >= 0.6 is 0 Å². The molecule has 9 heteroatoms. The van der Waals surface area contributed by atoms with E-state index in [-0.39, 0.29) is 41.9 Å². The highest BCUT2D eigenvalue weighted by atomic mass is 32.2. The molecule has 0 saturated carbocycles. The number of hydrogen-bond acceptors (Lipinski definition) is 5. The van der Waals surface area contributed by atoms with Gasteiger partial charge >= 0.3 is 0 Å². The van der Waals surface area contributed by atoms with Crippen LogP contribution in [0, 0.1) is 13.8 Å². The first-order valence-electron chi connectivity index (χ1n) is 10.3. The topological polar surface area (TPSA) is 110 Å². The van der Waals surface area contributed by atoms with Gasteiger partial charge in [-0.2, -0.15) is 9.78 Å². The number of anilines is 1. The number of amides is 1. The molecule has 0 fully saturated rings. The van der Waals surface area contributed by atoms with Gasteiger partial charge < -0.3 is 5.32 Å². The molecule has 1 amide bonds. The third kappa shape index (κ3) is 4.35. The second kappa shape index (κ2) is 8.68. The van der Waals surface area contributed by atoms with E-state index >= 15 is 0 Å². The van der Waals surface area contributed by atoms with Gasteiger partial charge in [0, 0.05) is 24.9 Å². The SMILES string of the molecule is Cc1ccc(-c2c(C)nn3c2NC(=O)CCC3=O)cc1S(=O)(=O)NCCc1ccccc1. The zero-order valence-electron chi connectivity index (χ0n) is 17.9. The monoisotopic (exact) mass is 452 g/mol. The number of fused-ring (bicyclic) bond motifs is 1. The normalized spacial score (nSPS) is 14.1. The van der Waals surface area contributed by atoms with Gasteiger partial charge in [-0.15, -0.1) is 0 Å². The molecule has 1 aliphatic heterocycles. The fourth-order valence-electron chi connectivity index (χ4n) is 3.79. The number of carbonyl (C=O) groups is 2. The summed E-state index contributed by atoms with van der Waals surface area (Å²) < 4.78 is 29.9. The van der Waals surface area contributed by atoms with Crippen LogP contribution in [0.3, 0.4) is 0 Å². The summed E-state index contributed by atoms with van der Waals surface area (Å²) in [4.78, 5) is 24.6. The molecule has 0 saturated heterocycles.